The largest absolute Gasteiger partial charge is 0.493 e. The minimum Gasteiger partial charge on any atom is -0.493 e. The molecule has 0 amide bonds. The fourth-order valence-corrected chi connectivity index (χ4v) is 2.05. The molecule has 3 nitrogen and oxygen atoms in total. The van der Waals surface area contributed by atoms with E-state index in [1.165, 1.54) is 10.8 Å². The second-order valence-corrected chi connectivity index (χ2v) is 4.17. The van der Waals surface area contributed by atoms with E-state index in [2.05, 4.69) is 4.98 Å². The van der Waals surface area contributed by atoms with Crippen molar-refractivity contribution in [1.82, 2.24) is 9.55 Å². The third-order valence-electron chi connectivity index (χ3n) is 1.86. The Balaban J connectivity index is 2.69. The van der Waals surface area contributed by atoms with E-state index in [-0.39, 0.29) is 5.88 Å². The molecule has 0 fully saturated rings. The van der Waals surface area contributed by atoms with E-state index in [0.29, 0.717) is 20.5 Å². The molecule has 0 unspecified atom stereocenters. The first-order chi connectivity index (χ1) is 7.08. The van der Waals surface area contributed by atoms with Gasteiger partial charge in [-0.3, -0.25) is 4.57 Å². The predicted molar refractivity (Wildman–Crippen MR) is 62.6 cm³/mol. The van der Waals surface area contributed by atoms with Crippen molar-refractivity contribution >= 4 is 35.4 Å². The van der Waals surface area contributed by atoms with Gasteiger partial charge in [-0.25, -0.2) is 0 Å². The smallest absolute Gasteiger partial charge is 0.214 e. The zero-order valence-electron chi connectivity index (χ0n) is 7.37. The van der Waals surface area contributed by atoms with Gasteiger partial charge >= 0.3 is 0 Å². The lowest BCUT2D eigenvalue weighted by Crippen LogP contribution is -1.93. The Morgan fingerprint density at radius 3 is 2.27 bits per heavy atom. The number of benzene rings is 1. The van der Waals surface area contributed by atoms with Crippen LogP contribution >= 0.6 is 35.4 Å². The Morgan fingerprint density at radius 1 is 1.20 bits per heavy atom. The molecule has 2 N–H and O–H groups in total. The van der Waals surface area contributed by atoms with Gasteiger partial charge in [0.1, 0.15) is 0 Å². The molecule has 1 heterocycles. The minimum atomic E-state index is 0.0123. The number of aromatic nitrogens is 2. The monoisotopic (exact) mass is 260 g/mol. The van der Waals surface area contributed by atoms with Crippen LogP contribution in [0, 0.1) is 4.77 Å². The van der Waals surface area contributed by atoms with Crippen LogP contribution in [0.25, 0.3) is 5.69 Å². The van der Waals surface area contributed by atoms with Crippen molar-refractivity contribution in [2.24, 2.45) is 0 Å². The van der Waals surface area contributed by atoms with Crippen LogP contribution in [0.5, 0.6) is 5.88 Å². The van der Waals surface area contributed by atoms with Gasteiger partial charge in [-0.2, -0.15) is 0 Å². The number of aromatic amines is 1. The molecule has 0 bridgehead atoms. The highest BCUT2D eigenvalue weighted by atomic mass is 35.5. The topological polar surface area (TPSA) is 40.9 Å². The van der Waals surface area contributed by atoms with Gasteiger partial charge in [0.2, 0.25) is 5.88 Å². The van der Waals surface area contributed by atoms with E-state index in [9.17, 15) is 5.11 Å². The lowest BCUT2D eigenvalue weighted by molar-refractivity contribution is 0.442. The Morgan fingerprint density at radius 2 is 1.80 bits per heavy atom. The lowest BCUT2D eigenvalue weighted by atomic mass is 10.3. The van der Waals surface area contributed by atoms with Gasteiger partial charge in [-0.05, 0) is 30.4 Å². The Hall–Kier alpha value is -0.970. The van der Waals surface area contributed by atoms with Crippen LogP contribution in [0.2, 0.25) is 10.0 Å². The molecule has 0 atom stereocenters. The van der Waals surface area contributed by atoms with E-state index in [0.717, 1.165) is 0 Å². The highest BCUT2D eigenvalue weighted by molar-refractivity contribution is 7.71. The summed E-state index contributed by atoms with van der Waals surface area (Å²) >= 11 is 16.7. The molecular weight excluding hydrogens is 255 g/mol. The summed E-state index contributed by atoms with van der Waals surface area (Å²) in [6.45, 7) is 0. The zero-order valence-corrected chi connectivity index (χ0v) is 9.70. The van der Waals surface area contributed by atoms with Crippen molar-refractivity contribution in [3.05, 3.63) is 39.2 Å². The molecule has 0 aliphatic heterocycles. The summed E-state index contributed by atoms with van der Waals surface area (Å²) in [6, 6.07) is 4.94. The summed E-state index contributed by atoms with van der Waals surface area (Å²) in [5.74, 6) is 0.0123. The second-order valence-electron chi connectivity index (χ2n) is 2.92. The fourth-order valence-electron chi connectivity index (χ4n) is 1.28. The average molecular weight is 261 g/mol. The van der Waals surface area contributed by atoms with Crippen molar-refractivity contribution in [2.75, 3.05) is 0 Å². The fraction of sp³-hybridized carbons (Fsp3) is 0. The molecule has 0 spiro atoms. The number of aromatic hydroxyl groups is 1. The molecule has 15 heavy (non-hydrogen) atoms. The Bertz CT molecular complexity index is 541. The standard InChI is InChI=1S/C9H6Cl2N2OS/c10-5-1-6(11)3-7(2-5)13-8(14)4-12-9(13)15/h1-4,14H,(H,12,15). The summed E-state index contributed by atoms with van der Waals surface area (Å²) in [6.07, 6.45) is 1.40. The summed E-state index contributed by atoms with van der Waals surface area (Å²) in [4.78, 5) is 2.72. The van der Waals surface area contributed by atoms with Crippen LogP contribution < -0.4 is 0 Å². The number of nitrogens with one attached hydrogen (secondary N) is 1. The van der Waals surface area contributed by atoms with Crippen LogP contribution in [-0.4, -0.2) is 14.7 Å². The van der Waals surface area contributed by atoms with Crippen molar-refractivity contribution in [3.63, 3.8) is 0 Å². The number of rotatable bonds is 1. The third-order valence-corrected chi connectivity index (χ3v) is 2.60. The molecule has 0 radical (unpaired) electrons. The molecule has 2 rings (SSSR count). The molecule has 6 heteroatoms. The number of imidazole rings is 1. The molecule has 2 aromatic rings. The van der Waals surface area contributed by atoms with Crippen LogP contribution in [0.15, 0.2) is 24.4 Å². The quantitative estimate of drug-likeness (QED) is 0.771. The number of halogens is 2. The van der Waals surface area contributed by atoms with Crippen LogP contribution in [-0.2, 0) is 0 Å². The van der Waals surface area contributed by atoms with Gasteiger partial charge in [-0.15, -0.1) is 0 Å². The number of hydrogen-bond donors (Lipinski definition) is 2. The SMILES string of the molecule is Oc1c[nH]c(=S)n1-c1cc(Cl)cc(Cl)c1. The zero-order chi connectivity index (χ0) is 11.0. The van der Waals surface area contributed by atoms with Crippen LogP contribution in [0.1, 0.15) is 0 Å². The van der Waals surface area contributed by atoms with E-state index in [4.69, 9.17) is 35.4 Å². The molecule has 78 valence electrons. The highest BCUT2D eigenvalue weighted by Crippen LogP contribution is 2.24. The summed E-state index contributed by atoms with van der Waals surface area (Å²) in [5, 5.41) is 10.5. The second kappa shape index (κ2) is 3.89. The van der Waals surface area contributed by atoms with Crippen molar-refractivity contribution in [1.29, 1.82) is 0 Å². The molecule has 0 saturated carbocycles. The van der Waals surface area contributed by atoms with Gasteiger partial charge < -0.3 is 10.1 Å². The first-order valence-corrected chi connectivity index (χ1v) is 5.20. The van der Waals surface area contributed by atoms with Crippen molar-refractivity contribution in [2.45, 2.75) is 0 Å². The predicted octanol–water partition coefficient (Wildman–Crippen LogP) is 3.55. The lowest BCUT2D eigenvalue weighted by Gasteiger charge is -2.05. The van der Waals surface area contributed by atoms with E-state index in [1.54, 1.807) is 18.2 Å². The minimum absolute atomic E-state index is 0.0123. The maximum atomic E-state index is 9.55. The summed E-state index contributed by atoms with van der Waals surface area (Å²) in [5.41, 5.74) is 0.622. The average Bonchev–Trinajstić information content (AvgIpc) is 2.44. The van der Waals surface area contributed by atoms with E-state index < -0.39 is 0 Å². The maximum absolute atomic E-state index is 9.55. The van der Waals surface area contributed by atoms with Gasteiger partial charge in [0.15, 0.2) is 4.77 Å². The van der Waals surface area contributed by atoms with Gasteiger partial charge in [0.05, 0.1) is 11.9 Å². The Kier molecular flexibility index (Phi) is 2.73. The maximum Gasteiger partial charge on any atom is 0.214 e. The first kappa shape index (κ1) is 10.5. The van der Waals surface area contributed by atoms with Crippen LogP contribution in [0.3, 0.4) is 0 Å². The molecule has 1 aromatic heterocycles. The van der Waals surface area contributed by atoms with Gasteiger partial charge in [0, 0.05) is 10.0 Å². The summed E-state index contributed by atoms with van der Waals surface area (Å²) < 4.78 is 1.82. The van der Waals surface area contributed by atoms with Crippen molar-refractivity contribution < 1.29 is 5.11 Å². The molecule has 0 aliphatic carbocycles. The van der Waals surface area contributed by atoms with Gasteiger partial charge in [0.25, 0.3) is 0 Å². The molecule has 1 aromatic carbocycles. The highest BCUT2D eigenvalue weighted by Gasteiger charge is 2.06. The van der Waals surface area contributed by atoms with Crippen LogP contribution in [0.4, 0.5) is 0 Å². The number of hydrogen-bond acceptors (Lipinski definition) is 2. The molecule has 0 saturated heterocycles. The molecular formula is C9H6Cl2N2OS. The van der Waals surface area contributed by atoms with E-state index >= 15 is 0 Å². The normalized spacial score (nSPS) is 10.5. The number of nitrogens with zero attached hydrogens (tertiary/aromatic N) is 1. The number of H-pyrrole nitrogens is 1. The first-order valence-electron chi connectivity index (χ1n) is 4.04. The summed E-state index contributed by atoms with van der Waals surface area (Å²) in [7, 11) is 0. The van der Waals surface area contributed by atoms with E-state index in [1.807, 2.05) is 0 Å². The molecule has 0 aliphatic rings. The van der Waals surface area contributed by atoms with Crippen molar-refractivity contribution in [3.8, 4) is 11.6 Å². The Labute approximate surface area is 101 Å². The van der Waals surface area contributed by atoms with Gasteiger partial charge in [-0.1, -0.05) is 23.2 Å². The third kappa shape index (κ3) is 2.02.